The van der Waals surface area contributed by atoms with Crippen LogP contribution in [-0.4, -0.2) is 54.8 Å². The van der Waals surface area contributed by atoms with Gasteiger partial charge in [0.05, 0.1) is 11.3 Å². The van der Waals surface area contributed by atoms with Crippen molar-refractivity contribution in [3.63, 3.8) is 0 Å². The summed E-state index contributed by atoms with van der Waals surface area (Å²) in [6.45, 7) is 4.23. The zero-order valence-electron chi connectivity index (χ0n) is 19.3. The SMILES string of the molecule is O=CN(OCc1ccccc1)c1ccc(C(=O)N2CCN(CCc3ccc(Cl)cc3)CC2)c(Br)c1. The van der Waals surface area contributed by atoms with Crippen molar-refractivity contribution < 1.29 is 14.4 Å². The first-order valence-corrected chi connectivity index (χ1v) is 12.7. The minimum Gasteiger partial charge on any atom is -0.336 e. The van der Waals surface area contributed by atoms with E-state index in [4.69, 9.17) is 16.4 Å². The maximum atomic E-state index is 13.2. The zero-order valence-corrected chi connectivity index (χ0v) is 21.6. The van der Waals surface area contributed by atoms with Gasteiger partial charge in [0.1, 0.15) is 6.61 Å². The molecule has 0 N–H and O–H groups in total. The number of carbonyl (C=O) groups excluding carboxylic acids is 2. The van der Waals surface area contributed by atoms with Crippen molar-refractivity contribution >= 4 is 45.5 Å². The van der Waals surface area contributed by atoms with E-state index in [2.05, 4.69) is 33.0 Å². The quantitative estimate of drug-likeness (QED) is 0.269. The molecule has 0 bridgehead atoms. The number of piperazine rings is 1. The number of carbonyl (C=O) groups is 2. The topological polar surface area (TPSA) is 53.1 Å². The zero-order chi connectivity index (χ0) is 24.6. The van der Waals surface area contributed by atoms with E-state index in [1.165, 1.54) is 10.6 Å². The molecule has 6 nitrogen and oxygen atoms in total. The number of benzene rings is 3. The van der Waals surface area contributed by atoms with Crippen molar-refractivity contribution in [3.8, 4) is 0 Å². The van der Waals surface area contributed by atoms with E-state index in [9.17, 15) is 9.59 Å². The fourth-order valence-corrected chi connectivity index (χ4v) is 4.64. The number of nitrogens with zero attached hydrogens (tertiary/aromatic N) is 3. The highest BCUT2D eigenvalue weighted by molar-refractivity contribution is 9.10. The summed E-state index contributed by atoms with van der Waals surface area (Å²) in [7, 11) is 0. The van der Waals surface area contributed by atoms with Gasteiger partial charge < -0.3 is 4.90 Å². The first-order valence-electron chi connectivity index (χ1n) is 11.5. The molecule has 4 rings (SSSR count). The van der Waals surface area contributed by atoms with Gasteiger partial charge in [-0.3, -0.25) is 19.3 Å². The molecule has 1 fully saturated rings. The normalized spacial score (nSPS) is 14.1. The van der Waals surface area contributed by atoms with Crippen LogP contribution in [0.4, 0.5) is 5.69 Å². The van der Waals surface area contributed by atoms with Crippen molar-refractivity contribution in [2.45, 2.75) is 13.0 Å². The van der Waals surface area contributed by atoms with Crippen molar-refractivity contribution in [1.29, 1.82) is 0 Å². The summed E-state index contributed by atoms with van der Waals surface area (Å²) in [5.74, 6) is -0.0244. The van der Waals surface area contributed by atoms with E-state index in [0.29, 0.717) is 35.2 Å². The third-order valence-corrected chi connectivity index (χ3v) is 6.94. The number of rotatable bonds is 9. The average Bonchev–Trinajstić information content (AvgIpc) is 2.89. The molecule has 35 heavy (non-hydrogen) atoms. The summed E-state index contributed by atoms with van der Waals surface area (Å²) < 4.78 is 0.625. The Kier molecular flexibility index (Phi) is 8.93. The van der Waals surface area contributed by atoms with E-state index in [-0.39, 0.29) is 12.5 Å². The third kappa shape index (κ3) is 6.92. The Bertz CT molecular complexity index is 1140. The van der Waals surface area contributed by atoms with Gasteiger partial charge in [0.25, 0.3) is 5.91 Å². The van der Waals surface area contributed by atoms with Crippen LogP contribution < -0.4 is 5.06 Å². The molecular formula is C27H27BrClN3O3. The lowest BCUT2D eigenvalue weighted by atomic mass is 10.1. The molecule has 1 saturated heterocycles. The lowest BCUT2D eigenvalue weighted by Crippen LogP contribution is -2.49. The standard InChI is InChI=1S/C27H27BrClN3O3/c28-26-18-24(32(20-33)35-19-22-4-2-1-3-5-22)10-11-25(26)27(34)31-16-14-30(15-17-31)13-12-21-6-8-23(29)9-7-21/h1-11,18,20H,12-17,19H2. The van der Waals surface area contributed by atoms with E-state index in [1.807, 2.05) is 47.4 Å². The number of anilines is 1. The highest BCUT2D eigenvalue weighted by atomic mass is 79.9. The second-order valence-electron chi connectivity index (χ2n) is 8.36. The Morgan fingerprint density at radius 3 is 2.34 bits per heavy atom. The smallest absolute Gasteiger partial charge is 0.255 e. The van der Waals surface area contributed by atoms with E-state index < -0.39 is 0 Å². The molecule has 8 heteroatoms. The maximum Gasteiger partial charge on any atom is 0.255 e. The number of amides is 2. The van der Waals surface area contributed by atoms with Crippen molar-refractivity contribution in [3.05, 3.63) is 99.0 Å². The summed E-state index contributed by atoms with van der Waals surface area (Å²) in [6.07, 6.45) is 1.58. The van der Waals surface area contributed by atoms with Crippen molar-refractivity contribution in [2.24, 2.45) is 0 Å². The van der Waals surface area contributed by atoms with Gasteiger partial charge in [0.15, 0.2) is 0 Å². The summed E-state index contributed by atoms with van der Waals surface area (Å²) in [5, 5.41) is 1.92. The lowest BCUT2D eigenvalue weighted by molar-refractivity contribution is -0.114. The first-order chi connectivity index (χ1) is 17.0. The minimum atomic E-state index is -0.0244. The fraction of sp³-hybridized carbons (Fsp3) is 0.259. The highest BCUT2D eigenvalue weighted by Crippen LogP contribution is 2.26. The highest BCUT2D eigenvalue weighted by Gasteiger charge is 2.24. The summed E-state index contributed by atoms with van der Waals surface area (Å²) in [6, 6.07) is 22.8. The first kappa shape index (κ1) is 25.4. The van der Waals surface area contributed by atoms with Crippen LogP contribution in [-0.2, 0) is 22.7 Å². The largest absolute Gasteiger partial charge is 0.336 e. The van der Waals surface area contributed by atoms with E-state index >= 15 is 0 Å². The predicted molar refractivity (Wildman–Crippen MR) is 141 cm³/mol. The molecule has 3 aromatic carbocycles. The van der Waals surface area contributed by atoms with Gasteiger partial charge in [-0.1, -0.05) is 54.1 Å². The Balaban J connectivity index is 1.30. The monoisotopic (exact) mass is 555 g/mol. The summed E-state index contributed by atoms with van der Waals surface area (Å²) in [4.78, 5) is 34.6. The van der Waals surface area contributed by atoms with Crippen LogP contribution >= 0.6 is 27.5 Å². The third-order valence-electron chi connectivity index (χ3n) is 6.04. The Morgan fingerprint density at radius 2 is 1.69 bits per heavy atom. The van der Waals surface area contributed by atoms with Gasteiger partial charge in [0, 0.05) is 42.2 Å². The maximum absolute atomic E-state index is 13.2. The van der Waals surface area contributed by atoms with Crippen LogP contribution in [0.2, 0.25) is 5.02 Å². The predicted octanol–water partition coefficient (Wildman–Crippen LogP) is 5.20. The number of hydroxylamine groups is 1. The molecule has 1 heterocycles. The molecule has 1 aliphatic rings. The Morgan fingerprint density at radius 1 is 0.971 bits per heavy atom. The molecule has 0 saturated carbocycles. The van der Waals surface area contributed by atoms with Crippen LogP contribution in [0.5, 0.6) is 0 Å². The fourth-order valence-electron chi connectivity index (χ4n) is 3.98. The van der Waals surface area contributed by atoms with Gasteiger partial charge >= 0.3 is 0 Å². The van der Waals surface area contributed by atoms with Crippen molar-refractivity contribution in [2.75, 3.05) is 37.8 Å². The number of hydrogen-bond acceptors (Lipinski definition) is 4. The lowest BCUT2D eigenvalue weighted by Gasteiger charge is -2.35. The summed E-state index contributed by atoms with van der Waals surface area (Å²) in [5.41, 5.74) is 3.33. The minimum absolute atomic E-state index is 0.0244. The van der Waals surface area contributed by atoms with Gasteiger partial charge in [-0.15, -0.1) is 0 Å². The van der Waals surface area contributed by atoms with Gasteiger partial charge in [-0.25, -0.2) is 0 Å². The Labute approximate surface area is 219 Å². The molecule has 0 spiro atoms. The number of halogens is 2. The molecule has 1 aliphatic heterocycles. The second-order valence-corrected chi connectivity index (χ2v) is 9.66. The van der Waals surface area contributed by atoms with Crippen LogP contribution in [0, 0.1) is 0 Å². The van der Waals surface area contributed by atoms with Crippen LogP contribution in [0.15, 0.2) is 77.3 Å². The molecule has 182 valence electrons. The van der Waals surface area contributed by atoms with Crippen LogP contribution in [0.3, 0.4) is 0 Å². The molecule has 3 aromatic rings. The molecule has 0 radical (unpaired) electrons. The average molecular weight is 557 g/mol. The van der Waals surface area contributed by atoms with Crippen LogP contribution in [0.25, 0.3) is 0 Å². The van der Waals surface area contributed by atoms with Crippen LogP contribution in [0.1, 0.15) is 21.5 Å². The molecule has 0 atom stereocenters. The number of hydrogen-bond donors (Lipinski definition) is 0. The Hall–Kier alpha value is -2.71. The van der Waals surface area contributed by atoms with Crippen molar-refractivity contribution in [1.82, 2.24) is 9.80 Å². The summed E-state index contributed by atoms with van der Waals surface area (Å²) >= 11 is 9.47. The molecule has 0 unspecified atom stereocenters. The molecular weight excluding hydrogens is 530 g/mol. The second kappa shape index (κ2) is 12.3. The molecule has 0 aromatic heterocycles. The van der Waals surface area contributed by atoms with Gasteiger partial charge in [0.2, 0.25) is 6.41 Å². The molecule has 0 aliphatic carbocycles. The van der Waals surface area contributed by atoms with Gasteiger partial charge in [-0.05, 0) is 63.8 Å². The van der Waals surface area contributed by atoms with E-state index in [1.54, 1.807) is 18.2 Å². The molecule has 2 amide bonds. The van der Waals surface area contributed by atoms with Gasteiger partial charge in [-0.2, -0.15) is 5.06 Å². The van der Waals surface area contributed by atoms with E-state index in [0.717, 1.165) is 36.6 Å².